The largest absolute Gasteiger partial charge is 0.416 e. The van der Waals surface area contributed by atoms with E-state index in [1.165, 1.54) is 18.2 Å². The SMILES string of the molecule is O=C1OC(c2ccccc2Br)=N/C1=C\c1cccc(C(F)(F)F)c1. The molecular formula is C17H9BrF3NO2. The van der Waals surface area contributed by atoms with E-state index in [0.29, 0.717) is 10.0 Å². The van der Waals surface area contributed by atoms with Gasteiger partial charge in [0.15, 0.2) is 5.70 Å². The van der Waals surface area contributed by atoms with Gasteiger partial charge in [0, 0.05) is 4.47 Å². The van der Waals surface area contributed by atoms with Crippen molar-refractivity contribution in [1.82, 2.24) is 0 Å². The molecule has 3 rings (SSSR count). The van der Waals surface area contributed by atoms with Crippen LogP contribution in [0.15, 0.2) is 63.7 Å². The number of carbonyl (C=O) groups is 1. The summed E-state index contributed by atoms with van der Waals surface area (Å²) in [6.07, 6.45) is -3.19. The van der Waals surface area contributed by atoms with Gasteiger partial charge in [-0.1, -0.05) is 24.3 Å². The van der Waals surface area contributed by atoms with Gasteiger partial charge >= 0.3 is 12.1 Å². The monoisotopic (exact) mass is 395 g/mol. The van der Waals surface area contributed by atoms with Crippen molar-refractivity contribution in [1.29, 1.82) is 0 Å². The van der Waals surface area contributed by atoms with Crippen LogP contribution in [-0.2, 0) is 15.7 Å². The van der Waals surface area contributed by atoms with Crippen LogP contribution in [0.4, 0.5) is 13.2 Å². The molecule has 0 unspecified atom stereocenters. The van der Waals surface area contributed by atoms with Crippen molar-refractivity contribution in [2.24, 2.45) is 4.99 Å². The third kappa shape index (κ3) is 3.41. The maximum atomic E-state index is 12.7. The van der Waals surface area contributed by atoms with Gasteiger partial charge in [0.25, 0.3) is 0 Å². The van der Waals surface area contributed by atoms with E-state index in [-0.39, 0.29) is 17.2 Å². The highest BCUT2D eigenvalue weighted by atomic mass is 79.9. The van der Waals surface area contributed by atoms with Crippen molar-refractivity contribution < 1.29 is 22.7 Å². The summed E-state index contributed by atoms with van der Waals surface area (Å²) < 4.78 is 44.0. The van der Waals surface area contributed by atoms with Crippen molar-refractivity contribution in [3.05, 3.63) is 75.4 Å². The predicted molar refractivity (Wildman–Crippen MR) is 86.2 cm³/mol. The summed E-state index contributed by atoms with van der Waals surface area (Å²) >= 11 is 3.33. The number of esters is 1. The Hall–Kier alpha value is -2.41. The van der Waals surface area contributed by atoms with Gasteiger partial charge in [0.2, 0.25) is 5.90 Å². The van der Waals surface area contributed by atoms with Gasteiger partial charge < -0.3 is 4.74 Å². The highest BCUT2D eigenvalue weighted by Gasteiger charge is 2.30. The maximum Gasteiger partial charge on any atom is 0.416 e. The molecule has 1 aliphatic heterocycles. The summed E-state index contributed by atoms with van der Waals surface area (Å²) in [6, 6.07) is 11.7. The van der Waals surface area contributed by atoms with E-state index >= 15 is 0 Å². The zero-order valence-electron chi connectivity index (χ0n) is 12.0. The molecule has 1 aliphatic rings. The maximum absolute atomic E-state index is 12.7. The third-order valence-corrected chi connectivity index (χ3v) is 3.93. The number of aliphatic imine (C=N–C) groups is 1. The van der Waals surface area contributed by atoms with Crippen LogP contribution in [0.1, 0.15) is 16.7 Å². The van der Waals surface area contributed by atoms with Crippen molar-refractivity contribution in [2.75, 3.05) is 0 Å². The summed E-state index contributed by atoms with van der Waals surface area (Å²) in [5, 5.41) is 0. The van der Waals surface area contributed by atoms with Crippen LogP contribution in [0.3, 0.4) is 0 Å². The van der Waals surface area contributed by atoms with Crippen LogP contribution >= 0.6 is 15.9 Å². The first-order chi connectivity index (χ1) is 11.3. The van der Waals surface area contributed by atoms with Crippen molar-refractivity contribution in [2.45, 2.75) is 6.18 Å². The number of cyclic esters (lactones) is 1. The molecule has 7 heteroatoms. The summed E-state index contributed by atoms with van der Waals surface area (Å²) in [5.74, 6) is -0.608. The molecule has 0 amide bonds. The Labute approximate surface area is 143 Å². The molecule has 0 aromatic heterocycles. The number of rotatable bonds is 2. The lowest BCUT2D eigenvalue weighted by Gasteiger charge is -2.06. The normalized spacial score (nSPS) is 16.2. The highest BCUT2D eigenvalue weighted by Crippen LogP contribution is 2.30. The van der Waals surface area contributed by atoms with Gasteiger partial charge in [-0.2, -0.15) is 13.2 Å². The minimum Gasteiger partial charge on any atom is -0.402 e. The van der Waals surface area contributed by atoms with E-state index in [1.807, 2.05) is 0 Å². The lowest BCUT2D eigenvalue weighted by Crippen LogP contribution is -2.06. The standard InChI is InChI=1S/C17H9BrF3NO2/c18-13-7-2-1-6-12(13)15-22-14(16(23)24-15)9-10-4-3-5-11(8-10)17(19,20)21/h1-9H/b14-9-. The molecular weight excluding hydrogens is 387 g/mol. The molecule has 3 nitrogen and oxygen atoms in total. The fourth-order valence-electron chi connectivity index (χ4n) is 2.12. The van der Waals surface area contributed by atoms with Crippen LogP contribution in [0.2, 0.25) is 0 Å². The van der Waals surface area contributed by atoms with Crippen LogP contribution in [0.25, 0.3) is 6.08 Å². The second-order valence-corrected chi connectivity index (χ2v) is 5.79. The first-order valence-corrected chi connectivity index (χ1v) is 7.58. The van der Waals surface area contributed by atoms with E-state index in [9.17, 15) is 18.0 Å². The quantitative estimate of drug-likeness (QED) is 0.540. The van der Waals surface area contributed by atoms with Gasteiger partial charge in [-0.15, -0.1) is 0 Å². The summed E-state index contributed by atoms with van der Waals surface area (Å²) in [4.78, 5) is 16.0. The molecule has 0 radical (unpaired) electrons. The number of nitrogens with zero attached hydrogens (tertiary/aromatic N) is 1. The van der Waals surface area contributed by atoms with E-state index in [4.69, 9.17) is 4.74 Å². The first-order valence-electron chi connectivity index (χ1n) is 6.79. The van der Waals surface area contributed by atoms with Crippen LogP contribution < -0.4 is 0 Å². The molecule has 0 N–H and O–H groups in total. The predicted octanol–water partition coefficient (Wildman–Crippen LogP) is 4.81. The summed E-state index contributed by atoms with van der Waals surface area (Å²) in [5.41, 5.74) is -0.0505. The fraction of sp³-hybridized carbons (Fsp3) is 0.0588. The fourth-order valence-corrected chi connectivity index (χ4v) is 2.58. The van der Waals surface area contributed by atoms with Gasteiger partial charge in [-0.25, -0.2) is 9.79 Å². The van der Waals surface area contributed by atoms with Gasteiger partial charge in [0.05, 0.1) is 11.1 Å². The van der Waals surface area contributed by atoms with E-state index < -0.39 is 17.7 Å². The molecule has 0 fully saturated rings. The molecule has 2 aromatic rings. The number of halogens is 4. The van der Waals surface area contributed by atoms with Crippen LogP contribution in [-0.4, -0.2) is 11.9 Å². The smallest absolute Gasteiger partial charge is 0.402 e. The molecule has 1 heterocycles. The molecule has 0 saturated carbocycles. The average Bonchev–Trinajstić information content (AvgIpc) is 2.88. The number of ether oxygens (including phenoxy) is 1. The number of hydrogen-bond acceptors (Lipinski definition) is 3. The highest BCUT2D eigenvalue weighted by molar-refractivity contribution is 9.10. The summed E-state index contributed by atoms with van der Waals surface area (Å²) in [6.45, 7) is 0. The Morgan fingerprint density at radius 1 is 1.08 bits per heavy atom. The van der Waals surface area contributed by atoms with E-state index in [2.05, 4.69) is 20.9 Å². The third-order valence-electron chi connectivity index (χ3n) is 3.24. The zero-order chi connectivity index (χ0) is 17.3. The molecule has 122 valence electrons. The van der Waals surface area contributed by atoms with Crippen molar-refractivity contribution >= 4 is 33.9 Å². The number of alkyl halides is 3. The molecule has 0 atom stereocenters. The average molecular weight is 396 g/mol. The van der Waals surface area contributed by atoms with Gasteiger partial charge in [0.1, 0.15) is 0 Å². The Bertz CT molecular complexity index is 872. The lowest BCUT2D eigenvalue weighted by atomic mass is 10.1. The second-order valence-electron chi connectivity index (χ2n) is 4.94. The minimum absolute atomic E-state index is 0.0555. The molecule has 0 bridgehead atoms. The van der Waals surface area contributed by atoms with Crippen LogP contribution in [0, 0.1) is 0 Å². The molecule has 24 heavy (non-hydrogen) atoms. The first kappa shape index (κ1) is 16.4. The minimum atomic E-state index is -4.45. The molecule has 0 spiro atoms. The second kappa shape index (κ2) is 6.24. The number of carbonyl (C=O) groups excluding carboxylic acids is 1. The number of benzene rings is 2. The Morgan fingerprint density at radius 2 is 1.83 bits per heavy atom. The van der Waals surface area contributed by atoms with Crippen molar-refractivity contribution in [3.8, 4) is 0 Å². The topological polar surface area (TPSA) is 38.7 Å². The molecule has 0 aliphatic carbocycles. The Kier molecular flexibility index (Phi) is 4.28. The van der Waals surface area contributed by atoms with E-state index in [0.717, 1.165) is 12.1 Å². The number of hydrogen-bond donors (Lipinski definition) is 0. The van der Waals surface area contributed by atoms with E-state index in [1.54, 1.807) is 24.3 Å². The summed E-state index contributed by atoms with van der Waals surface area (Å²) in [7, 11) is 0. The van der Waals surface area contributed by atoms with Gasteiger partial charge in [-0.05, 0) is 51.8 Å². The van der Waals surface area contributed by atoms with Crippen molar-refractivity contribution in [3.63, 3.8) is 0 Å². The Morgan fingerprint density at radius 3 is 2.54 bits per heavy atom. The molecule has 0 saturated heterocycles. The Balaban J connectivity index is 1.96. The van der Waals surface area contributed by atoms with Gasteiger partial charge in [-0.3, -0.25) is 0 Å². The molecule has 2 aromatic carbocycles. The zero-order valence-corrected chi connectivity index (χ0v) is 13.6. The van der Waals surface area contributed by atoms with Crippen LogP contribution in [0.5, 0.6) is 0 Å². The lowest BCUT2D eigenvalue weighted by molar-refractivity contribution is -0.137.